The summed E-state index contributed by atoms with van der Waals surface area (Å²) in [5.41, 5.74) is 10.7. The minimum atomic E-state index is 0.818. The van der Waals surface area contributed by atoms with Crippen LogP contribution in [0, 0.1) is 6.92 Å². The Kier molecular flexibility index (Phi) is 2.67. The molecule has 18 heavy (non-hydrogen) atoms. The Balaban J connectivity index is 1.89. The molecule has 0 radical (unpaired) electrons. The lowest BCUT2D eigenvalue weighted by atomic mass is 10.00. The van der Waals surface area contributed by atoms with Crippen LogP contribution in [0.2, 0.25) is 0 Å². The van der Waals surface area contributed by atoms with Gasteiger partial charge in [0.15, 0.2) is 0 Å². The first kappa shape index (κ1) is 11.1. The summed E-state index contributed by atoms with van der Waals surface area (Å²) in [7, 11) is 0. The number of benzene rings is 1. The van der Waals surface area contributed by atoms with Crippen molar-refractivity contribution in [2.75, 3.05) is 17.2 Å². The van der Waals surface area contributed by atoms with E-state index in [-0.39, 0.29) is 0 Å². The van der Waals surface area contributed by atoms with Crippen LogP contribution in [0.25, 0.3) is 0 Å². The van der Waals surface area contributed by atoms with Crippen molar-refractivity contribution in [2.24, 2.45) is 0 Å². The van der Waals surface area contributed by atoms with Gasteiger partial charge in [-0.1, -0.05) is 24.3 Å². The Labute approximate surface area is 107 Å². The van der Waals surface area contributed by atoms with Crippen LogP contribution in [0.5, 0.6) is 0 Å². The predicted octanol–water partition coefficient (Wildman–Crippen LogP) is 2.53. The van der Waals surface area contributed by atoms with Crippen molar-refractivity contribution in [1.82, 2.24) is 4.98 Å². The Morgan fingerprint density at radius 3 is 2.78 bits per heavy atom. The lowest BCUT2D eigenvalue weighted by Gasteiger charge is -2.30. The van der Waals surface area contributed by atoms with E-state index < -0.39 is 0 Å². The van der Waals surface area contributed by atoms with Gasteiger partial charge in [0.2, 0.25) is 0 Å². The van der Waals surface area contributed by atoms with E-state index in [0.29, 0.717) is 0 Å². The van der Waals surface area contributed by atoms with E-state index in [1.807, 2.05) is 19.2 Å². The van der Waals surface area contributed by atoms with Gasteiger partial charge in [0.25, 0.3) is 0 Å². The molecular formula is C15H17N3. The topological polar surface area (TPSA) is 42.2 Å². The van der Waals surface area contributed by atoms with Gasteiger partial charge >= 0.3 is 0 Å². The zero-order valence-electron chi connectivity index (χ0n) is 10.6. The largest absolute Gasteiger partial charge is 0.398 e. The minimum absolute atomic E-state index is 0.818. The third kappa shape index (κ3) is 1.92. The fourth-order valence-electron chi connectivity index (χ4n) is 2.39. The van der Waals surface area contributed by atoms with Crippen LogP contribution in [0.15, 0.2) is 36.5 Å². The molecule has 0 aliphatic carbocycles. The molecule has 0 atom stereocenters. The van der Waals surface area contributed by atoms with Gasteiger partial charge < -0.3 is 10.6 Å². The first-order valence-corrected chi connectivity index (χ1v) is 6.28. The summed E-state index contributed by atoms with van der Waals surface area (Å²) in [4.78, 5) is 6.77. The van der Waals surface area contributed by atoms with E-state index >= 15 is 0 Å². The van der Waals surface area contributed by atoms with Gasteiger partial charge in [0, 0.05) is 31.0 Å². The molecule has 3 rings (SSSR count). The van der Waals surface area contributed by atoms with Crippen molar-refractivity contribution in [2.45, 2.75) is 19.9 Å². The summed E-state index contributed by atoms with van der Waals surface area (Å²) in [5, 5.41) is 0. The highest BCUT2D eigenvalue weighted by molar-refractivity contribution is 5.55. The second kappa shape index (κ2) is 4.33. The summed E-state index contributed by atoms with van der Waals surface area (Å²) in [6.45, 7) is 3.91. The number of nitrogen functional groups attached to an aromatic ring is 1. The van der Waals surface area contributed by atoms with Gasteiger partial charge in [-0.15, -0.1) is 0 Å². The second-order valence-corrected chi connectivity index (χ2v) is 4.84. The summed E-state index contributed by atoms with van der Waals surface area (Å²) >= 11 is 0. The molecule has 2 heterocycles. The minimum Gasteiger partial charge on any atom is -0.398 e. The van der Waals surface area contributed by atoms with Crippen LogP contribution in [0.4, 0.5) is 11.5 Å². The van der Waals surface area contributed by atoms with E-state index in [4.69, 9.17) is 5.73 Å². The Morgan fingerprint density at radius 2 is 2.00 bits per heavy atom. The summed E-state index contributed by atoms with van der Waals surface area (Å²) in [5.74, 6) is 0.979. The Bertz CT molecular complexity index is 578. The molecule has 0 unspecified atom stereocenters. The zero-order chi connectivity index (χ0) is 12.5. The molecule has 1 aliphatic heterocycles. The number of nitrogens with zero attached hydrogens (tertiary/aromatic N) is 2. The average Bonchev–Trinajstić information content (AvgIpc) is 2.41. The van der Waals surface area contributed by atoms with Gasteiger partial charge in [0.1, 0.15) is 5.82 Å². The molecule has 0 saturated heterocycles. The standard InChI is InChI=1S/C15H17N3/c1-11-9-17-15(8-14(11)16)18-7-6-12-4-2-3-5-13(12)10-18/h2-5,8-9H,6-7,10H2,1H3,(H2,16,17). The first-order valence-electron chi connectivity index (χ1n) is 6.28. The average molecular weight is 239 g/mol. The maximum atomic E-state index is 5.96. The van der Waals surface area contributed by atoms with Crippen LogP contribution >= 0.6 is 0 Å². The smallest absolute Gasteiger partial charge is 0.130 e. The number of hydrogen-bond donors (Lipinski definition) is 1. The van der Waals surface area contributed by atoms with E-state index in [2.05, 4.69) is 34.1 Å². The molecule has 2 aromatic rings. The third-order valence-electron chi connectivity index (χ3n) is 3.59. The SMILES string of the molecule is Cc1cnc(N2CCc3ccccc3C2)cc1N. The summed E-state index contributed by atoms with van der Waals surface area (Å²) < 4.78 is 0. The van der Waals surface area contributed by atoms with Crippen LogP contribution in [-0.2, 0) is 13.0 Å². The number of aromatic nitrogens is 1. The van der Waals surface area contributed by atoms with E-state index in [9.17, 15) is 0 Å². The van der Waals surface area contributed by atoms with Crippen molar-refractivity contribution in [3.05, 3.63) is 53.2 Å². The molecule has 0 fully saturated rings. The lowest BCUT2D eigenvalue weighted by molar-refractivity contribution is 0.721. The second-order valence-electron chi connectivity index (χ2n) is 4.84. The molecular weight excluding hydrogens is 222 g/mol. The van der Waals surface area contributed by atoms with Crippen molar-refractivity contribution >= 4 is 11.5 Å². The highest BCUT2D eigenvalue weighted by Crippen LogP contribution is 2.24. The summed E-state index contributed by atoms with van der Waals surface area (Å²) in [6.07, 6.45) is 2.93. The van der Waals surface area contributed by atoms with Crippen molar-refractivity contribution in [3.63, 3.8) is 0 Å². The third-order valence-corrected chi connectivity index (χ3v) is 3.59. The van der Waals surface area contributed by atoms with Gasteiger partial charge in [-0.2, -0.15) is 0 Å². The number of hydrogen-bond acceptors (Lipinski definition) is 3. The molecule has 2 N–H and O–H groups in total. The quantitative estimate of drug-likeness (QED) is 0.831. The van der Waals surface area contributed by atoms with E-state index in [1.54, 1.807) is 0 Å². The lowest BCUT2D eigenvalue weighted by Crippen LogP contribution is -2.31. The number of rotatable bonds is 1. The monoisotopic (exact) mass is 239 g/mol. The van der Waals surface area contributed by atoms with E-state index in [1.165, 1.54) is 11.1 Å². The molecule has 92 valence electrons. The number of nitrogens with two attached hydrogens (primary N) is 1. The van der Waals surface area contributed by atoms with Crippen molar-refractivity contribution in [3.8, 4) is 0 Å². The van der Waals surface area contributed by atoms with Gasteiger partial charge in [-0.25, -0.2) is 4.98 Å². The van der Waals surface area contributed by atoms with Crippen LogP contribution in [0.3, 0.4) is 0 Å². The fraction of sp³-hybridized carbons (Fsp3) is 0.267. The number of pyridine rings is 1. The fourth-order valence-corrected chi connectivity index (χ4v) is 2.39. The molecule has 1 aliphatic rings. The number of aryl methyl sites for hydroxylation is 1. The van der Waals surface area contributed by atoms with Gasteiger partial charge in [-0.3, -0.25) is 0 Å². The molecule has 0 bridgehead atoms. The molecule has 3 nitrogen and oxygen atoms in total. The van der Waals surface area contributed by atoms with Crippen LogP contribution in [0.1, 0.15) is 16.7 Å². The van der Waals surface area contributed by atoms with Crippen molar-refractivity contribution < 1.29 is 0 Å². The number of anilines is 2. The normalized spacial score (nSPS) is 14.4. The molecule has 0 amide bonds. The maximum absolute atomic E-state index is 5.96. The molecule has 3 heteroatoms. The predicted molar refractivity (Wildman–Crippen MR) is 74.6 cm³/mol. The molecule has 1 aromatic heterocycles. The van der Waals surface area contributed by atoms with Crippen molar-refractivity contribution in [1.29, 1.82) is 0 Å². The molecule has 1 aromatic carbocycles. The Morgan fingerprint density at radius 1 is 1.22 bits per heavy atom. The highest BCUT2D eigenvalue weighted by atomic mass is 15.2. The highest BCUT2D eigenvalue weighted by Gasteiger charge is 2.17. The van der Waals surface area contributed by atoms with Gasteiger partial charge in [-0.05, 0) is 30.0 Å². The molecule has 0 saturated carbocycles. The Hall–Kier alpha value is -2.03. The van der Waals surface area contributed by atoms with E-state index in [0.717, 1.165) is 36.6 Å². The van der Waals surface area contributed by atoms with Gasteiger partial charge in [0.05, 0.1) is 0 Å². The number of fused-ring (bicyclic) bond motifs is 1. The summed E-state index contributed by atoms with van der Waals surface area (Å²) in [6, 6.07) is 10.6. The van der Waals surface area contributed by atoms with Crippen LogP contribution < -0.4 is 10.6 Å². The zero-order valence-corrected chi connectivity index (χ0v) is 10.6. The maximum Gasteiger partial charge on any atom is 0.130 e. The van der Waals surface area contributed by atoms with Crippen LogP contribution in [-0.4, -0.2) is 11.5 Å². The first-order chi connectivity index (χ1) is 8.74. The molecule has 0 spiro atoms.